The number of hydrogen-bond donors (Lipinski definition) is 3. The highest BCUT2D eigenvalue weighted by atomic mass is 16.3. The van der Waals surface area contributed by atoms with Crippen molar-refractivity contribution in [2.24, 2.45) is 0 Å². The first-order valence-electron chi connectivity index (χ1n) is 7.88. The summed E-state index contributed by atoms with van der Waals surface area (Å²) in [6.07, 6.45) is 3.01. The van der Waals surface area contributed by atoms with E-state index in [0.717, 1.165) is 11.0 Å². The predicted molar refractivity (Wildman–Crippen MR) is 97.2 cm³/mol. The Balaban J connectivity index is 1.49. The molecule has 2 heterocycles. The summed E-state index contributed by atoms with van der Waals surface area (Å²) in [5, 5.41) is 5.54. The Bertz CT molecular complexity index is 1080. The fourth-order valence-electron chi connectivity index (χ4n) is 2.56. The number of carbonyl (C=O) groups excluding carboxylic acids is 2. The Labute approximate surface area is 148 Å². The Kier molecular flexibility index (Phi) is 3.95. The highest BCUT2D eigenvalue weighted by molar-refractivity contribution is 6.06. The normalized spacial score (nSPS) is 10.6. The highest BCUT2D eigenvalue weighted by Gasteiger charge is 2.11. The van der Waals surface area contributed by atoms with Crippen LogP contribution in [0, 0.1) is 0 Å². The largest absolute Gasteiger partial charge is 0.459 e. The summed E-state index contributed by atoms with van der Waals surface area (Å²) in [6, 6.07) is 15.3. The van der Waals surface area contributed by atoms with E-state index in [9.17, 15) is 9.59 Å². The molecule has 2 amide bonds. The van der Waals surface area contributed by atoms with Crippen LogP contribution in [0.25, 0.3) is 11.0 Å². The average Bonchev–Trinajstić information content (AvgIpc) is 3.33. The molecule has 7 heteroatoms. The second-order valence-corrected chi connectivity index (χ2v) is 5.60. The van der Waals surface area contributed by atoms with Gasteiger partial charge >= 0.3 is 0 Å². The van der Waals surface area contributed by atoms with E-state index in [0.29, 0.717) is 16.9 Å². The number of H-pyrrole nitrogens is 1. The van der Waals surface area contributed by atoms with E-state index in [1.54, 1.807) is 60.9 Å². The Morgan fingerprint density at radius 1 is 0.923 bits per heavy atom. The molecule has 2 aromatic carbocycles. The second kappa shape index (κ2) is 6.56. The van der Waals surface area contributed by atoms with E-state index in [-0.39, 0.29) is 17.6 Å². The Morgan fingerprint density at radius 3 is 2.50 bits per heavy atom. The molecule has 0 atom stereocenters. The van der Waals surface area contributed by atoms with E-state index in [1.165, 1.54) is 6.26 Å². The van der Waals surface area contributed by atoms with E-state index < -0.39 is 0 Å². The summed E-state index contributed by atoms with van der Waals surface area (Å²) in [6.45, 7) is 0. The van der Waals surface area contributed by atoms with Gasteiger partial charge in [-0.05, 0) is 48.5 Å². The SMILES string of the molecule is O=C(Nc1cccc(NC(=O)c2ccco2)c1)c1ccc2nc[nH]c2c1. The molecule has 0 saturated heterocycles. The zero-order valence-corrected chi connectivity index (χ0v) is 13.5. The van der Waals surface area contributed by atoms with Crippen LogP contribution in [0.5, 0.6) is 0 Å². The summed E-state index contributed by atoms with van der Waals surface area (Å²) in [4.78, 5) is 31.6. The molecule has 0 aliphatic heterocycles. The maximum absolute atomic E-state index is 12.5. The van der Waals surface area contributed by atoms with E-state index >= 15 is 0 Å². The van der Waals surface area contributed by atoms with Gasteiger partial charge in [-0.15, -0.1) is 0 Å². The molecule has 2 aromatic heterocycles. The van der Waals surface area contributed by atoms with E-state index in [4.69, 9.17) is 4.42 Å². The third-order valence-electron chi connectivity index (χ3n) is 3.81. The van der Waals surface area contributed by atoms with Gasteiger partial charge in [0, 0.05) is 16.9 Å². The first-order chi connectivity index (χ1) is 12.7. The molecule has 0 bridgehead atoms. The molecule has 26 heavy (non-hydrogen) atoms. The lowest BCUT2D eigenvalue weighted by Gasteiger charge is -2.08. The van der Waals surface area contributed by atoms with Crippen molar-refractivity contribution in [2.75, 3.05) is 10.6 Å². The number of imidazole rings is 1. The zero-order chi connectivity index (χ0) is 17.9. The number of benzene rings is 2. The summed E-state index contributed by atoms with van der Waals surface area (Å²) >= 11 is 0. The third kappa shape index (κ3) is 3.18. The first kappa shape index (κ1) is 15.6. The molecule has 0 fully saturated rings. The second-order valence-electron chi connectivity index (χ2n) is 5.60. The molecule has 7 nitrogen and oxygen atoms in total. The minimum absolute atomic E-state index is 0.215. The number of hydrogen-bond acceptors (Lipinski definition) is 4. The molecule has 4 aromatic rings. The van der Waals surface area contributed by atoms with Crippen LogP contribution >= 0.6 is 0 Å². The number of amides is 2. The molecule has 128 valence electrons. The lowest BCUT2D eigenvalue weighted by atomic mass is 10.2. The highest BCUT2D eigenvalue weighted by Crippen LogP contribution is 2.18. The number of nitrogens with zero attached hydrogens (tertiary/aromatic N) is 1. The lowest BCUT2D eigenvalue weighted by Crippen LogP contribution is -2.13. The van der Waals surface area contributed by atoms with Crippen molar-refractivity contribution >= 4 is 34.2 Å². The number of furan rings is 1. The summed E-state index contributed by atoms with van der Waals surface area (Å²) in [5.41, 5.74) is 3.21. The summed E-state index contributed by atoms with van der Waals surface area (Å²) in [7, 11) is 0. The van der Waals surface area contributed by atoms with Gasteiger partial charge in [-0.2, -0.15) is 0 Å². The Hall–Kier alpha value is -3.87. The van der Waals surface area contributed by atoms with Gasteiger partial charge in [-0.1, -0.05) is 6.07 Å². The van der Waals surface area contributed by atoms with Crippen molar-refractivity contribution in [3.63, 3.8) is 0 Å². The van der Waals surface area contributed by atoms with Gasteiger partial charge in [-0.25, -0.2) is 4.98 Å². The minimum Gasteiger partial charge on any atom is -0.459 e. The van der Waals surface area contributed by atoms with Crippen LogP contribution in [0.4, 0.5) is 11.4 Å². The molecular formula is C19H14N4O3. The van der Waals surface area contributed by atoms with E-state index in [2.05, 4.69) is 20.6 Å². The first-order valence-corrected chi connectivity index (χ1v) is 7.88. The van der Waals surface area contributed by atoms with E-state index in [1.807, 2.05) is 0 Å². The molecule has 0 unspecified atom stereocenters. The van der Waals surface area contributed by atoms with Crippen molar-refractivity contribution in [1.29, 1.82) is 0 Å². The minimum atomic E-state index is -0.358. The summed E-state index contributed by atoms with van der Waals surface area (Å²) in [5.74, 6) is -0.397. The zero-order valence-electron chi connectivity index (χ0n) is 13.5. The van der Waals surface area contributed by atoms with Gasteiger partial charge in [0.25, 0.3) is 11.8 Å². The lowest BCUT2D eigenvalue weighted by molar-refractivity contribution is 0.0995. The number of carbonyl (C=O) groups is 2. The van der Waals surface area contributed by atoms with Crippen LogP contribution in [0.15, 0.2) is 71.6 Å². The molecule has 0 saturated carbocycles. The molecule has 0 aliphatic rings. The number of aromatic nitrogens is 2. The molecule has 0 aliphatic carbocycles. The average molecular weight is 346 g/mol. The quantitative estimate of drug-likeness (QED) is 0.525. The van der Waals surface area contributed by atoms with Gasteiger partial charge in [0.05, 0.1) is 23.6 Å². The standard InChI is InChI=1S/C19H14N4O3/c24-18(12-6-7-15-16(9-12)21-11-20-15)22-13-3-1-4-14(10-13)23-19(25)17-5-2-8-26-17/h1-11H,(H,20,21)(H,22,24)(H,23,25). The van der Waals surface area contributed by atoms with Crippen molar-refractivity contribution in [3.8, 4) is 0 Å². The van der Waals surface area contributed by atoms with Crippen LogP contribution in [0.3, 0.4) is 0 Å². The van der Waals surface area contributed by atoms with Gasteiger partial charge in [-0.3, -0.25) is 9.59 Å². The maximum atomic E-state index is 12.5. The number of rotatable bonds is 4. The fraction of sp³-hybridized carbons (Fsp3) is 0. The van der Waals surface area contributed by atoms with Gasteiger partial charge < -0.3 is 20.0 Å². The molecule has 4 rings (SSSR count). The monoisotopic (exact) mass is 346 g/mol. The third-order valence-corrected chi connectivity index (χ3v) is 3.81. The van der Waals surface area contributed by atoms with Crippen molar-refractivity contribution in [3.05, 3.63) is 78.5 Å². The summed E-state index contributed by atoms with van der Waals surface area (Å²) < 4.78 is 5.06. The topological polar surface area (TPSA) is 100 Å². The van der Waals surface area contributed by atoms with Gasteiger partial charge in [0.1, 0.15) is 0 Å². The number of aromatic amines is 1. The van der Waals surface area contributed by atoms with Crippen molar-refractivity contribution in [1.82, 2.24) is 9.97 Å². The molecule has 0 spiro atoms. The molecular weight excluding hydrogens is 332 g/mol. The fourth-order valence-corrected chi connectivity index (χ4v) is 2.56. The van der Waals surface area contributed by atoms with Gasteiger partial charge in [0.15, 0.2) is 5.76 Å². The molecule has 0 radical (unpaired) electrons. The van der Waals surface area contributed by atoms with Gasteiger partial charge in [0.2, 0.25) is 0 Å². The van der Waals surface area contributed by atoms with Crippen molar-refractivity contribution < 1.29 is 14.0 Å². The predicted octanol–water partition coefficient (Wildman–Crippen LogP) is 3.66. The molecule has 3 N–H and O–H groups in total. The van der Waals surface area contributed by atoms with Crippen LogP contribution < -0.4 is 10.6 Å². The van der Waals surface area contributed by atoms with Crippen LogP contribution in [-0.2, 0) is 0 Å². The smallest absolute Gasteiger partial charge is 0.291 e. The number of anilines is 2. The van der Waals surface area contributed by atoms with Crippen molar-refractivity contribution in [2.45, 2.75) is 0 Å². The Morgan fingerprint density at radius 2 is 1.73 bits per heavy atom. The number of fused-ring (bicyclic) bond motifs is 1. The number of nitrogens with one attached hydrogen (secondary N) is 3. The van der Waals surface area contributed by atoms with Crippen LogP contribution in [0.2, 0.25) is 0 Å². The maximum Gasteiger partial charge on any atom is 0.291 e. The van der Waals surface area contributed by atoms with Crippen LogP contribution in [0.1, 0.15) is 20.9 Å². The van der Waals surface area contributed by atoms with Crippen LogP contribution in [-0.4, -0.2) is 21.8 Å².